The largest absolute Gasteiger partial charge is 0.382 e. The Morgan fingerprint density at radius 2 is 1.57 bits per heavy atom. The highest BCUT2D eigenvalue weighted by Gasteiger charge is 2.31. The van der Waals surface area contributed by atoms with Crippen LogP contribution in [-0.4, -0.2) is 6.04 Å². The van der Waals surface area contributed by atoms with Crippen LogP contribution in [0.5, 0.6) is 0 Å². The molecule has 0 unspecified atom stereocenters. The lowest BCUT2D eigenvalue weighted by molar-refractivity contribution is 0.374. The zero-order valence-corrected chi connectivity index (χ0v) is 13.3. The lowest BCUT2D eigenvalue weighted by Crippen LogP contribution is -2.34. The van der Waals surface area contributed by atoms with Gasteiger partial charge >= 0.3 is 0 Å². The molecule has 1 aliphatic rings. The van der Waals surface area contributed by atoms with Crippen LogP contribution in [0.4, 0.5) is 10.1 Å². The summed E-state index contributed by atoms with van der Waals surface area (Å²) in [5.41, 5.74) is 1.93. The molecule has 0 saturated heterocycles. The predicted molar refractivity (Wildman–Crippen MR) is 87.3 cm³/mol. The van der Waals surface area contributed by atoms with Crippen molar-refractivity contribution < 1.29 is 4.39 Å². The van der Waals surface area contributed by atoms with E-state index in [0.29, 0.717) is 12.0 Å². The highest BCUT2D eigenvalue weighted by molar-refractivity contribution is 6.35. The fourth-order valence-corrected chi connectivity index (χ4v) is 3.45. The minimum atomic E-state index is -0.577. The molecule has 0 heterocycles. The number of hydrogen-bond acceptors (Lipinski definition) is 1. The molecule has 1 N–H and O–H groups in total. The Labute approximate surface area is 138 Å². The second-order valence-electron chi connectivity index (χ2n) is 5.28. The molecule has 0 spiro atoms. The monoisotopic (exact) mass is 343 g/mol. The first-order valence-electron chi connectivity index (χ1n) is 6.70. The highest BCUT2D eigenvalue weighted by atomic mass is 35.5. The molecule has 2 aromatic rings. The number of benzene rings is 2. The van der Waals surface area contributed by atoms with Gasteiger partial charge in [-0.2, -0.15) is 0 Å². The van der Waals surface area contributed by atoms with E-state index >= 15 is 0 Å². The van der Waals surface area contributed by atoms with Gasteiger partial charge in [-0.25, -0.2) is 4.39 Å². The lowest BCUT2D eigenvalue weighted by Gasteiger charge is -2.37. The third kappa shape index (κ3) is 3.13. The molecule has 0 radical (unpaired) electrons. The fourth-order valence-electron chi connectivity index (χ4n) is 2.67. The molecule has 1 aliphatic carbocycles. The van der Waals surface area contributed by atoms with E-state index in [1.165, 1.54) is 5.56 Å². The first kappa shape index (κ1) is 15.0. The first-order chi connectivity index (χ1) is 10.0. The van der Waals surface area contributed by atoms with Gasteiger partial charge in [0, 0.05) is 16.8 Å². The van der Waals surface area contributed by atoms with E-state index in [4.69, 9.17) is 34.8 Å². The second kappa shape index (κ2) is 6.04. The lowest BCUT2D eigenvalue weighted by atomic mass is 9.76. The quantitative estimate of drug-likeness (QED) is 0.659. The molecule has 1 fully saturated rings. The molecule has 0 aromatic heterocycles. The van der Waals surface area contributed by atoms with Crippen LogP contribution in [0.2, 0.25) is 15.1 Å². The van der Waals surface area contributed by atoms with Crippen LogP contribution in [0.3, 0.4) is 0 Å². The molecule has 0 atom stereocenters. The summed E-state index contributed by atoms with van der Waals surface area (Å²) in [5, 5.41) is 4.21. The van der Waals surface area contributed by atoms with Gasteiger partial charge in [-0.15, -0.1) is 0 Å². The molecule has 2 aromatic carbocycles. The summed E-state index contributed by atoms with van der Waals surface area (Å²) in [4.78, 5) is 0. The van der Waals surface area contributed by atoms with Gasteiger partial charge in [0.25, 0.3) is 0 Å². The Kier molecular flexibility index (Phi) is 4.30. The highest BCUT2D eigenvalue weighted by Crippen LogP contribution is 2.41. The first-order valence-corrected chi connectivity index (χ1v) is 7.83. The van der Waals surface area contributed by atoms with Crippen molar-refractivity contribution in [3.8, 4) is 0 Å². The maximum absolute atomic E-state index is 13.4. The normalized spacial score (nSPS) is 21.0. The van der Waals surface area contributed by atoms with Gasteiger partial charge in [-0.3, -0.25) is 0 Å². The van der Waals surface area contributed by atoms with Crippen LogP contribution in [0.15, 0.2) is 36.4 Å². The van der Waals surface area contributed by atoms with Crippen molar-refractivity contribution in [2.75, 3.05) is 5.32 Å². The van der Waals surface area contributed by atoms with Gasteiger partial charge in [-0.1, -0.05) is 53.0 Å². The molecule has 0 aliphatic heterocycles. The minimum absolute atomic E-state index is 0.0342. The number of rotatable bonds is 3. The summed E-state index contributed by atoms with van der Waals surface area (Å²) < 4.78 is 13.4. The smallest absolute Gasteiger partial charge is 0.160 e. The van der Waals surface area contributed by atoms with Crippen LogP contribution in [0, 0.1) is 5.82 Å². The summed E-state index contributed by atoms with van der Waals surface area (Å²) in [5.74, 6) is -0.117. The number of anilines is 1. The van der Waals surface area contributed by atoms with Gasteiger partial charge in [0.1, 0.15) is 0 Å². The van der Waals surface area contributed by atoms with Crippen LogP contribution < -0.4 is 5.32 Å². The van der Waals surface area contributed by atoms with Crippen molar-refractivity contribution in [3.63, 3.8) is 0 Å². The SMILES string of the molecule is Fc1c(Cl)cc(NC2CC(c3ccccc3Cl)C2)cc1Cl. The van der Waals surface area contributed by atoms with Crippen molar-refractivity contribution in [2.45, 2.75) is 24.8 Å². The zero-order valence-electron chi connectivity index (χ0n) is 11.0. The van der Waals surface area contributed by atoms with Gasteiger partial charge in [-0.05, 0) is 42.5 Å². The summed E-state index contributed by atoms with van der Waals surface area (Å²) in [7, 11) is 0. The Morgan fingerprint density at radius 3 is 2.19 bits per heavy atom. The van der Waals surface area contributed by atoms with E-state index in [1.54, 1.807) is 12.1 Å². The maximum atomic E-state index is 13.4. The standard InChI is InChI=1S/C16H13Cl3FN/c17-13-4-2-1-3-12(13)9-5-10(6-9)21-11-7-14(18)16(20)15(19)8-11/h1-4,7-10,21H,5-6H2. The topological polar surface area (TPSA) is 12.0 Å². The third-order valence-corrected chi connectivity index (χ3v) is 4.73. The molecule has 0 bridgehead atoms. The molecular formula is C16H13Cl3FN. The molecule has 3 rings (SSSR count). The molecule has 1 saturated carbocycles. The van der Waals surface area contributed by atoms with Crippen molar-refractivity contribution in [2.24, 2.45) is 0 Å². The average molecular weight is 345 g/mol. The van der Waals surface area contributed by atoms with Gasteiger partial charge in [0.2, 0.25) is 0 Å². The molecular weight excluding hydrogens is 332 g/mol. The van der Waals surface area contributed by atoms with Crippen molar-refractivity contribution in [1.82, 2.24) is 0 Å². The number of hydrogen-bond donors (Lipinski definition) is 1. The van der Waals surface area contributed by atoms with E-state index in [2.05, 4.69) is 11.4 Å². The van der Waals surface area contributed by atoms with E-state index in [-0.39, 0.29) is 10.0 Å². The second-order valence-corrected chi connectivity index (χ2v) is 6.51. The van der Waals surface area contributed by atoms with Gasteiger partial charge < -0.3 is 5.32 Å². The van der Waals surface area contributed by atoms with Crippen molar-refractivity contribution in [3.05, 3.63) is 62.8 Å². The maximum Gasteiger partial charge on any atom is 0.160 e. The molecule has 0 amide bonds. The summed E-state index contributed by atoms with van der Waals surface area (Å²) in [6.45, 7) is 0. The zero-order chi connectivity index (χ0) is 15.0. The Balaban J connectivity index is 1.64. The average Bonchev–Trinajstić information content (AvgIpc) is 2.41. The van der Waals surface area contributed by atoms with Gasteiger partial charge in [0.05, 0.1) is 10.0 Å². The van der Waals surface area contributed by atoms with Crippen LogP contribution >= 0.6 is 34.8 Å². The van der Waals surface area contributed by atoms with Crippen molar-refractivity contribution in [1.29, 1.82) is 0 Å². The van der Waals surface area contributed by atoms with Crippen LogP contribution in [0.25, 0.3) is 0 Å². The Hall–Kier alpha value is -0.960. The summed E-state index contributed by atoms with van der Waals surface area (Å²) in [6, 6.07) is 11.4. The Morgan fingerprint density at radius 1 is 0.952 bits per heavy atom. The molecule has 110 valence electrons. The fraction of sp³-hybridized carbons (Fsp3) is 0.250. The summed E-state index contributed by atoms with van der Waals surface area (Å²) in [6.07, 6.45) is 1.96. The van der Waals surface area contributed by atoms with Gasteiger partial charge in [0.15, 0.2) is 5.82 Å². The number of nitrogens with one attached hydrogen (secondary N) is 1. The van der Waals surface area contributed by atoms with Crippen LogP contribution in [-0.2, 0) is 0 Å². The van der Waals surface area contributed by atoms with Crippen molar-refractivity contribution >= 4 is 40.5 Å². The molecule has 21 heavy (non-hydrogen) atoms. The van der Waals surface area contributed by atoms with E-state index in [9.17, 15) is 4.39 Å². The van der Waals surface area contributed by atoms with Crippen LogP contribution in [0.1, 0.15) is 24.3 Å². The van der Waals surface area contributed by atoms with E-state index in [1.807, 2.05) is 18.2 Å². The molecule has 1 nitrogen and oxygen atoms in total. The number of halogens is 4. The van der Waals surface area contributed by atoms with E-state index in [0.717, 1.165) is 23.6 Å². The molecule has 5 heteroatoms. The third-order valence-electron chi connectivity index (χ3n) is 3.84. The van der Waals surface area contributed by atoms with E-state index < -0.39 is 5.82 Å². The summed E-state index contributed by atoms with van der Waals surface area (Å²) >= 11 is 17.8. The Bertz CT molecular complexity index is 645. The predicted octanol–water partition coefficient (Wildman–Crippen LogP) is 6.14. The minimum Gasteiger partial charge on any atom is -0.382 e.